The number of nitrogens with one attached hydrogen (secondary N) is 1. The van der Waals surface area contributed by atoms with Crippen molar-refractivity contribution in [1.29, 1.82) is 0 Å². The Morgan fingerprint density at radius 3 is 2.33 bits per heavy atom. The predicted octanol–water partition coefficient (Wildman–Crippen LogP) is 4.37. The summed E-state index contributed by atoms with van der Waals surface area (Å²) in [7, 11) is 0. The number of carbonyl (C=O) groups excluding carboxylic acids is 1. The Bertz CT molecular complexity index is 1040. The molecule has 0 atom stereocenters. The summed E-state index contributed by atoms with van der Waals surface area (Å²) >= 11 is 0. The van der Waals surface area contributed by atoms with Gasteiger partial charge in [0, 0.05) is 17.6 Å². The molecule has 2 aromatic carbocycles. The van der Waals surface area contributed by atoms with Crippen LogP contribution in [0, 0.1) is 20.8 Å². The maximum Gasteiger partial charge on any atom is 0.276 e. The molecule has 0 bridgehead atoms. The monoisotopic (exact) mass is 363 g/mol. The number of aromatic nitrogens is 2. The fourth-order valence-electron chi connectivity index (χ4n) is 3.41. The zero-order valence-electron chi connectivity index (χ0n) is 16.3. The summed E-state index contributed by atoms with van der Waals surface area (Å²) in [5.41, 5.74) is 4.08. The lowest BCUT2D eigenvalue weighted by Gasteiger charge is -2.14. The zero-order valence-corrected chi connectivity index (χ0v) is 16.3. The van der Waals surface area contributed by atoms with E-state index in [0.717, 1.165) is 35.2 Å². The first-order valence-electron chi connectivity index (χ1n) is 9.31. The van der Waals surface area contributed by atoms with Crippen molar-refractivity contribution in [2.24, 2.45) is 0 Å². The SMILES string of the molecule is CCCCn1nc(C(=O)Nc2c(C)cc(C)cc2C)c2ccccc2c1=O. The second kappa shape index (κ2) is 7.74. The third-order valence-corrected chi connectivity index (χ3v) is 4.72. The Morgan fingerprint density at radius 2 is 1.70 bits per heavy atom. The van der Waals surface area contributed by atoms with Crippen molar-refractivity contribution in [3.05, 3.63) is 69.1 Å². The molecule has 0 saturated carbocycles. The number of anilines is 1. The third-order valence-electron chi connectivity index (χ3n) is 4.72. The summed E-state index contributed by atoms with van der Waals surface area (Å²) < 4.78 is 1.41. The first-order valence-corrected chi connectivity index (χ1v) is 9.31. The number of hydrogen-bond donors (Lipinski definition) is 1. The van der Waals surface area contributed by atoms with E-state index in [4.69, 9.17) is 0 Å². The summed E-state index contributed by atoms with van der Waals surface area (Å²) in [6.07, 6.45) is 1.78. The van der Waals surface area contributed by atoms with Gasteiger partial charge in [-0.3, -0.25) is 9.59 Å². The van der Waals surface area contributed by atoms with Crippen LogP contribution in [0.15, 0.2) is 41.2 Å². The first kappa shape index (κ1) is 18.8. The zero-order chi connectivity index (χ0) is 19.6. The number of nitrogens with zero attached hydrogens (tertiary/aromatic N) is 2. The molecule has 3 aromatic rings. The molecule has 3 rings (SSSR count). The van der Waals surface area contributed by atoms with Crippen LogP contribution in [0.1, 0.15) is 46.9 Å². The van der Waals surface area contributed by atoms with Gasteiger partial charge in [-0.15, -0.1) is 0 Å². The molecule has 1 aromatic heterocycles. The minimum Gasteiger partial charge on any atom is -0.320 e. The van der Waals surface area contributed by atoms with Crippen LogP contribution in [0.5, 0.6) is 0 Å². The predicted molar refractivity (Wildman–Crippen MR) is 110 cm³/mol. The number of rotatable bonds is 5. The van der Waals surface area contributed by atoms with E-state index in [2.05, 4.69) is 17.3 Å². The van der Waals surface area contributed by atoms with Gasteiger partial charge < -0.3 is 5.32 Å². The van der Waals surface area contributed by atoms with Gasteiger partial charge in [-0.05, 0) is 44.4 Å². The lowest BCUT2D eigenvalue weighted by Crippen LogP contribution is -2.28. The van der Waals surface area contributed by atoms with Crippen LogP contribution in [0.25, 0.3) is 10.8 Å². The van der Waals surface area contributed by atoms with Crippen molar-refractivity contribution < 1.29 is 4.79 Å². The van der Waals surface area contributed by atoms with E-state index in [1.807, 2.05) is 45.0 Å². The van der Waals surface area contributed by atoms with Crippen molar-refractivity contribution in [3.8, 4) is 0 Å². The highest BCUT2D eigenvalue weighted by atomic mass is 16.2. The van der Waals surface area contributed by atoms with E-state index < -0.39 is 0 Å². The Hall–Kier alpha value is -2.95. The van der Waals surface area contributed by atoms with Crippen LogP contribution in [-0.4, -0.2) is 15.7 Å². The lowest BCUT2D eigenvalue weighted by molar-refractivity contribution is 0.102. The molecule has 1 N–H and O–H groups in total. The third kappa shape index (κ3) is 3.77. The van der Waals surface area contributed by atoms with Crippen molar-refractivity contribution in [2.45, 2.75) is 47.1 Å². The van der Waals surface area contributed by atoms with Gasteiger partial charge in [-0.25, -0.2) is 4.68 Å². The van der Waals surface area contributed by atoms with Crippen LogP contribution >= 0.6 is 0 Å². The molecule has 5 nitrogen and oxygen atoms in total. The van der Waals surface area contributed by atoms with E-state index in [-0.39, 0.29) is 17.2 Å². The standard InChI is InChI=1S/C22H25N3O2/c1-5-6-11-25-22(27)18-10-8-7-9-17(18)20(24-25)21(26)23-19-15(3)12-14(2)13-16(19)4/h7-10,12-13H,5-6,11H2,1-4H3,(H,23,26). The van der Waals surface area contributed by atoms with Crippen LogP contribution < -0.4 is 10.9 Å². The van der Waals surface area contributed by atoms with E-state index in [1.54, 1.807) is 12.1 Å². The van der Waals surface area contributed by atoms with Gasteiger partial charge in [0.05, 0.1) is 5.39 Å². The molecule has 1 amide bonds. The summed E-state index contributed by atoms with van der Waals surface area (Å²) in [6, 6.07) is 11.2. The fourth-order valence-corrected chi connectivity index (χ4v) is 3.41. The maximum atomic E-state index is 13.1. The lowest BCUT2D eigenvalue weighted by atomic mass is 10.0. The Balaban J connectivity index is 2.09. The minimum absolute atomic E-state index is 0.154. The van der Waals surface area contributed by atoms with Crippen LogP contribution in [-0.2, 0) is 6.54 Å². The van der Waals surface area contributed by atoms with Crippen molar-refractivity contribution in [2.75, 3.05) is 5.32 Å². The van der Waals surface area contributed by atoms with Gasteiger partial charge >= 0.3 is 0 Å². The highest BCUT2D eigenvalue weighted by Crippen LogP contribution is 2.23. The van der Waals surface area contributed by atoms with Gasteiger partial charge in [-0.1, -0.05) is 49.2 Å². The molecule has 0 aliphatic heterocycles. The Labute approximate surface area is 159 Å². The fraction of sp³-hybridized carbons (Fsp3) is 0.318. The topological polar surface area (TPSA) is 64.0 Å². The molecule has 0 fully saturated rings. The number of unbranched alkanes of at least 4 members (excludes halogenated alkanes) is 1. The number of aryl methyl sites for hydroxylation is 4. The average Bonchev–Trinajstić information content (AvgIpc) is 2.64. The van der Waals surface area contributed by atoms with Crippen molar-refractivity contribution in [3.63, 3.8) is 0 Å². The molecule has 0 spiro atoms. The van der Waals surface area contributed by atoms with E-state index in [9.17, 15) is 9.59 Å². The molecular weight excluding hydrogens is 338 g/mol. The van der Waals surface area contributed by atoms with Crippen LogP contribution in [0.2, 0.25) is 0 Å². The number of benzene rings is 2. The molecule has 0 saturated heterocycles. The molecular formula is C22H25N3O2. The van der Waals surface area contributed by atoms with Gasteiger partial charge in [0.25, 0.3) is 11.5 Å². The molecule has 5 heteroatoms. The van der Waals surface area contributed by atoms with Gasteiger partial charge in [0.2, 0.25) is 0 Å². The maximum absolute atomic E-state index is 13.1. The number of amides is 1. The minimum atomic E-state index is -0.300. The number of fused-ring (bicyclic) bond motifs is 1. The highest BCUT2D eigenvalue weighted by Gasteiger charge is 2.18. The van der Waals surface area contributed by atoms with E-state index in [0.29, 0.717) is 17.3 Å². The molecule has 0 unspecified atom stereocenters. The van der Waals surface area contributed by atoms with Crippen molar-refractivity contribution in [1.82, 2.24) is 9.78 Å². The number of hydrogen-bond acceptors (Lipinski definition) is 3. The van der Waals surface area contributed by atoms with Crippen molar-refractivity contribution >= 4 is 22.4 Å². The molecule has 1 heterocycles. The molecule has 0 aliphatic carbocycles. The van der Waals surface area contributed by atoms with Gasteiger partial charge in [0.15, 0.2) is 5.69 Å². The van der Waals surface area contributed by atoms with E-state index in [1.165, 1.54) is 4.68 Å². The second-order valence-corrected chi connectivity index (χ2v) is 7.00. The highest BCUT2D eigenvalue weighted by molar-refractivity contribution is 6.11. The molecule has 0 radical (unpaired) electrons. The normalized spacial score (nSPS) is 11.0. The van der Waals surface area contributed by atoms with Crippen LogP contribution in [0.3, 0.4) is 0 Å². The summed E-state index contributed by atoms with van der Waals surface area (Å²) in [5.74, 6) is -0.300. The van der Waals surface area contributed by atoms with E-state index >= 15 is 0 Å². The Kier molecular flexibility index (Phi) is 5.40. The van der Waals surface area contributed by atoms with Gasteiger partial charge in [-0.2, -0.15) is 5.10 Å². The smallest absolute Gasteiger partial charge is 0.276 e. The quantitative estimate of drug-likeness (QED) is 0.732. The molecule has 27 heavy (non-hydrogen) atoms. The largest absolute Gasteiger partial charge is 0.320 e. The van der Waals surface area contributed by atoms with Gasteiger partial charge in [0.1, 0.15) is 0 Å². The first-order chi connectivity index (χ1) is 12.9. The summed E-state index contributed by atoms with van der Waals surface area (Å²) in [4.78, 5) is 25.7. The summed E-state index contributed by atoms with van der Waals surface area (Å²) in [5, 5.41) is 8.50. The average molecular weight is 363 g/mol. The number of carbonyl (C=O) groups is 1. The summed E-state index contributed by atoms with van der Waals surface area (Å²) in [6.45, 7) is 8.54. The Morgan fingerprint density at radius 1 is 1.07 bits per heavy atom. The second-order valence-electron chi connectivity index (χ2n) is 7.00. The van der Waals surface area contributed by atoms with Crippen LogP contribution in [0.4, 0.5) is 5.69 Å². The molecule has 0 aliphatic rings. The molecule has 140 valence electrons.